The molecule has 88 valence electrons. The fourth-order valence-corrected chi connectivity index (χ4v) is 1.62. The number of aromatic nitrogens is 2. The second-order valence-corrected chi connectivity index (χ2v) is 4.23. The fourth-order valence-electron chi connectivity index (χ4n) is 1.62. The molecule has 0 atom stereocenters. The molecule has 0 aliphatic carbocycles. The smallest absolute Gasteiger partial charge is 0.239 e. The van der Waals surface area contributed by atoms with Crippen molar-refractivity contribution in [2.24, 2.45) is 0 Å². The van der Waals surface area contributed by atoms with E-state index in [4.69, 9.17) is 4.74 Å². The topological polar surface area (TPSA) is 59.1 Å². The molecule has 0 radical (unpaired) electrons. The quantitative estimate of drug-likeness (QED) is 0.784. The molecule has 0 bridgehead atoms. The Morgan fingerprint density at radius 3 is 2.94 bits per heavy atom. The lowest BCUT2D eigenvalue weighted by Gasteiger charge is -2.13. The van der Waals surface area contributed by atoms with Gasteiger partial charge in [-0.1, -0.05) is 0 Å². The molecule has 16 heavy (non-hydrogen) atoms. The maximum Gasteiger partial charge on any atom is 0.239 e. The maximum atomic E-state index is 5.55. The Bertz CT molecular complexity index is 378. The highest BCUT2D eigenvalue weighted by Gasteiger charge is 2.15. The van der Waals surface area contributed by atoms with E-state index in [1.165, 1.54) is 0 Å². The van der Waals surface area contributed by atoms with Gasteiger partial charge in [-0.2, -0.15) is 4.98 Å². The predicted octanol–water partition coefficient (Wildman–Crippen LogP) is 1.09. The third kappa shape index (κ3) is 2.41. The van der Waals surface area contributed by atoms with Crippen LogP contribution in [0.3, 0.4) is 0 Å². The Balaban J connectivity index is 2.31. The van der Waals surface area contributed by atoms with Crippen molar-refractivity contribution >= 4 is 5.82 Å². The summed E-state index contributed by atoms with van der Waals surface area (Å²) in [5.41, 5.74) is 1.81. The summed E-state index contributed by atoms with van der Waals surface area (Å²) in [4.78, 5) is 8.99. The molecule has 0 saturated heterocycles. The molecule has 0 spiro atoms. The molecule has 1 aromatic rings. The Morgan fingerprint density at radius 2 is 2.19 bits per heavy atom. The zero-order valence-corrected chi connectivity index (χ0v) is 10.0. The number of ether oxygens (including phenoxy) is 1. The van der Waals surface area contributed by atoms with Crippen LogP contribution in [-0.4, -0.2) is 29.2 Å². The molecule has 0 saturated carbocycles. The first-order valence-corrected chi connectivity index (χ1v) is 5.64. The molecule has 2 heterocycles. The summed E-state index contributed by atoms with van der Waals surface area (Å²) in [7, 11) is 0. The minimum absolute atomic E-state index is 0.343. The summed E-state index contributed by atoms with van der Waals surface area (Å²) in [6.07, 6.45) is 0. The molecular formula is C11H18N4O. The number of nitrogens with one attached hydrogen (secondary N) is 2. The number of fused-ring (bicyclic) bond motifs is 1. The number of rotatable bonds is 2. The summed E-state index contributed by atoms with van der Waals surface area (Å²) in [6, 6.07) is 0.343. The minimum atomic E-state index is 0.343. The van der Waals surface area contributed by atoms with Gasteiger partial charge in [0.2, 0.25) is 5.88 Å². The zero-order chi connectivity index (χ0) is 11.5. The van der Waals surface area contributed by atoms with E-state index in [9.17, 15) is 0 Å². The van der Waals surface area contributed by atoms with Crippen LogP contribution < -0.4 is 15.4 Å². The maximum absolute atomic E-state index is 5.55. The number of aryl methyl sites for hydroxylation is 1. The monoisotopic (exact) mass is 222 g/mol. The SMILES string of the molecule is Cc1nc2c(nc1NC(C)C)OCCNC2. The highest BCUT2D eigenvalue weighted by molar-refractivity contribution is 5.43. The van der Waals surface area contributed by atoms with Crippen LogP contribution in [0.1, 0.15) is 25.2 Å². The average molecular weight is 222 g/mol. The zero-order valence-electron chi connectivity index (χ0n) is 10.0. The number of nitrogens with zero attached hydrogens (tertiary/aromatic N) is 2. The number of anilines is 1. The van der Waals surface area contributed by atoms with Gasteiger partial charge in [-0.15, -0.1) is 0 Å². The van der Waals surface area contributed by atoms with Crippen LogP contribution in [0.25, 0.3) is 0 Å². The van der Waals surface area contributed by atoms with Crippen LogP contribution in [0.15, 0.2) is 0 Å². The third-order valence-corrected chi connectivity index (χ3v) is 2.34. The highest BCUT2D eigenvalue weighted by atomic mass is 16.5. The second-order valence-electron chi connectivity index (χ2n) is 4.23. The van der Waals surface area contributed by atoms with Crippen molar-refractivity contribution in [1.82, 2.24) is 15.3 Å². The van der Waals surface area contributed by atoms with Gasteiger partial charge in [0.1, 0.15) is 12.3 Å². The molecule has 0 fully saturated rings. The van der Waals surface area contributed by atoms with Gasteiger partial charge in [0.25, 0.3) is 0 Å². The fraction of sp³-hybridized carbons (Fsp3) is 0.636. The third-order valence-electron chi connectivity index (χ3n) is 2.34. The van der Waals surface area contributed by atoms with Gasteiger partial charge in [0.05, 0.1) is 5.69 Å². The molecule has 1 aromatic heterocycles. The normalized spacial score (nSPS) is 15.2. The van der Waals surface area contributed by atoms with Gasteiger partial charge in [-0.3, -0.25) is 0 Å². The summed E-state index contributed by atoms with van der Waals surface area (Å²) >= 11 is 0. The first-order valence-electron chi connectivity index (χ1n) is 5.64. The number of hydrogen-bond acceptors (Lipinski definition) is 5. The number of hydrogen-bond donors (Lipinski definition) is 2. The second kappa shape index (κ2) is 4.65. The van der Waals surface area contributed by atoms with Gasteiger partial charge in [-0.25, -0.2) is 4.98 Å². The van der Waals surface area contributed by atoms with E-state index in [2.05, 4.69) is 34.4 Å². The molecule has 5 heteroatoms. The van der Waals surface area contributed by atoms with Crippen molar-refractivity contribution in [2.45, 2.75) is 33.4 Å². The van der Waals surface area contributed by atoms with Gasteiger partial charge in [-0.05, 0) is 20.8 Å². The van der Waals surface area contributed by atoms with Gasteiger partial charge < -0.3 is 15.4 Å². The lowest BCUT2D eigenvalue weighted by molar-refractivity contribution is 0.313. The van der Waals surface area contributed by atoms with E-state index >= 15 is 0 Å². The van der Waals surface area contributed by atoms with E-state index in [-0.39, 0.29) is 0 Å². The molecule has 0 unspecified atom stereocenters. The molecular weight excluding hydrogens is 204 g/mol. The Kier molecular flexibility index (Phi) is 3.24. The predicted molar refractivity (Wildman–Crippen MR) is 62.7 cm³/mol. The largest absolute Gasteiger partial charge is 0.475 e. The molecule has 1 aliphatic heterocycles. The molecule has 2 N–H and O–H groups in total. The van der Waals surface area contributed by atoms with Gasteiger partial charge in [0, 0.05) is 19.1 Å². The average Bonchev–Trinajstić information content (AvgIpc) is 2.42. The first-order chi connectivity index (χ1) is 7.66. The van der Waals surface area contributed by atoms with Crippen molar-refractivity contribution in [3.8, 4) is 5.88 Å². The van der Waals surface area contributed by atoms with Gasteiger partial charge >= 0.3 is 0 Å². The standard InChI is InChI=1S/C11H18N4O/c1-7(2)13-10-8(3)14-9-6-12-4-5-16-11(9)15-10/h7,12H,4-6H2,1-3H3,(H,13,15). The van der Waals surface area contributed by atoms with Crippen molar-refractivity contribution in [1.29, 1.82) is 0 Å². The molecule has 2 rings (SSSR count). The van der Waals surface area contributed by atoms with Crippen molar-refractivity contribution < 1.29 is 4.74 Å². The molecule has 1 aliphatic rings. The van der Waals surface area contributed by atoms with E-state index in [1.807, 2.05) is 6.92 Å². The molecule has 0 amide bonds. The van der Waals surface area contributed by atoms with Crippen LogP contribution >= 0.6 is 0 Å². The minimum Gasteiger partial charge on any atom is -0.475 e. The van der Waals surface area contributed by atoms with E-state index in [0.29, 0.717) is 18.5 Å². The summed E-state index contributed by atoms with van der Waals surface area (Å²) in [6.45, 7) is 8.33. The Labute approximate surface area is 95.6 Å². The van der Waals surface area contributed by atoms with E-state index in [0.717, 1.165) is 30.3 Å². The summed E-state index contributed by atoms with van der Waals surface area (Å²) < 4.78 is 5.55. The van der Waals surface area contributed by atoms with Crippen molar-refractivity contribution in [2.75, 3.05) is 18.5 Å². The molecule has 0 aromatic carbocycles. The van der Waals surface area contributed by atoms with Crippen molar-refractivity contribution in [3.05, 3.63) is 11.4 Å². The Morgan fingerprint density at radius 1 is 1.38 bits per heavy atom. The lowest BCUT2D eigenvalue weighted by atomic mass is 10.3. The van der Waals surface area contributed by atoms with E-state index < -0.39 is 0 Å². The summed E-state index contributed by atoms with van der Waals surface area (Å²) in [5, 5.41) is 6.51. The van der Waals surface area contributed by atoms with Crippen LogP contribution in [0.5, 0.6) is 5.88 Å². The van der Waals surface area contributed by atoms with Crippen LogP contribution in [0.4, 0.5) is 5.82 Å². The van der Waals surface area contributed by atoms with E-state index in [1.54, 1.807) is 0 Å². The van der Waals surface area contributed by atoms with Gasteiger partial charge in [0.15, 0.2) is 5.82 Å². The summed E-state index contributed by atoms with van der Waals surface area (Å²) in [5.74, 6) is 1.47. The van der Waals surface area contributed by atoms with Crippen LogP contribution in [0.2, 0.25) is 0 Å². The van der Waals surface area contributed by atoms with Crippen molar-refractivity contribution in [3.63, 3.8) is 0 Å². The highest BCUT2D eigenvalue weighted by Crippen LogP contribution is 2.21. The Hall–Kier alpha value is -1.36. The lowest BCUT2D eigenvalue weighted by Crippen LogP contribution is -2.16. The van der Waals surface area contributed by atoms with Crippen LogP contribution in [-0.2, 0) is 6.54 Å². The molecule has 5 nitrogen and oxygen atoms in total. The first kappa shape index (κ1) is 11.1. The van der Waals surface area contributed by atoms with Crippen LogP contribution in [0, 0.1) is 6.92 Å².